The molecule has 2 aromatic rings. The maximum absolute atomic E-state index is 12.3. The number of carbonyl (C=O) groups is 1. The molecule has 2 aromatic carbocycles. The van der Waals surface area contributed by atoms with E-state index in [0.717, 1.165) is 28.2 Å². The van der Waals surface area contributed by atoms with E-state index in [4.69, 9.17) is 5.73 Å². The molecule has 0 bridgehead atoms. The Kier molecular flexibility index (Phi) is 2.86. The number of hydrogen-bond acceptors (Lipinski definition) is 3. The van der Waals surface area contributed by atoms with E-state index in [1.54, 1.807) is 4.90 Å². The summed E-state index contributed by atoms with van der Waals surface area (Å²) in [6.45, 7) is 1.99. The molecule has 0 atom stereocenters. The van der Waals surface area contributed by atoms with Crippen LogP contribution in [0.3, 0.4) is 0 Å². The van der Waals surface area contributed by atoms with Crippen LogP contribution in [0.2, 0.25) is 0 Å². The van der Waals surface area contributed by atoms with Gasteiger partial charge in [0.1, 0.15) is 0 Å². The Morgan fingerprint density at radius 2 is 1.90 bits per heavy atom. The summed E-state index contributed by atoms with van der Waals surface area (Å²) in [4.78, 5) is 14.0. The summed E-state index contributed by atoms with van der Waals surface area (Å²) < 4.78 is 0. The number of nitrogens with two attached hydrogens (primary N) is 1. The van der Waals surface area contributed by atoms with Gasteiger partial charge < -0.3 is 11.1 Å². The van der Waals surface area contributed by atoms with Crippen LogP contribution in [0.5, 0.6) is 0 Å². The molecule has 0 aromatic heterocycles. The van der Waals surface area contributed by atoms with Gasteiger partial charge in [0.15, 0.2) is 0 Å². The second-order valence-electron chi connectivity index (χ2n) is 5.06. The molecule has 1 heterocycles. The molecule has 0 aliphatic carbocycles. The third-order valence-corrected chi connectivity index (χ3v) is 3.62. The van der Waals surface area contributed by atoms with Crippen molar-refractivity contribution in [1.82, 2.24) is 0 Å². The first-order chi connectivity index (χ1) is 9.60. The van der Waals surface area contributed by atoms with Gasteiger partial charge in [-0.15, -0.1) is 0 Å². The Morgan fingerprint density at radius 3 is 2.60 bits per heavy atom. The molecule has 0 fully saturated rings. The zero-order chi connectivity index (χ0) is 14.3. The van der Waals surface area contributed by atoms with Crippen LogP contribution in [0, 0.1) is 6.92 Å². The van der Waals surface area contributed by atoms with E-state index in [2.05, 4.69) is 5.32 Å². The van der Waals surface area contributed by atoms with Crippen molar-refractivity contribution >= 4 is 28.7 Å². The van der Waals surface area contributed by atoms with Crippen LogP contribution >= 0.6 is 0 Å². The summed E-state index contributed by atoms with van der Waals surface area (Å²) in [7, 11) is 1.87. The van der Waals surface area contributed by atoms with E-state index in [1.165, 1.54) is 0 Å². The molecule has 0 unspecified atom stereocenters. The van der Waals surface area contributed by atoms with Gasteiger partial charge in [-0.3, -0.25) is 9.69 Å². The number of rotatable bonds is 2. The number of nitrogens with zero attached hydrogens (tertiary/aromatic N) is 1. The summed E-state index contributed by atoms with van der Waals surface area (Å²) >= 11 is 0. The first kappa shape index (κ1) is 12.5. The van der Waals surface area contributed by atoms with Gasteiger partial charge in [0.25, 0.3) is 0 Å². The highest BCUT2D eigenvalue weighted by Crippen LogP contribution is 2.39. The second kappa shape index (κ2) is 4.56. The fraction of sp³-hybridized carbons (Fsp3) is 0.188. The highest BCUT2D eigenvalue weighted by molar-refractivity contribution is 6.09. The monoisotopic (exact) mass is 267 g/mol. The Balaban J connectivity index is 2.10. The van der Waals surface area contributed by atoms with Gasteiger partial charge in [0, 0.05) is 12.7 Å². The Bertz CT molecular complexity index is 694. The summed E-state index contributed by atoms with van der Waals surface area (Å²) in [5.41, 5.74) is 11.5. The SMILES string of the molecule is CNc1ccc2c(c1)CC(=O)N2c1ccc(C)cc1N. The van der Waals surface area contributed by atoms with E-state index in [0.29, 0.717) is 12.1 Å². The molecule has 1 aliphatic rings. The van der Waals surface area contributed by atoms with Crippen molar-refractivity contribution in [3.63, 3.8) is 0 Å². The molecule has 0 spiro atoms. The van der Waals surface area contributed by atoms with E-state index in [-0.39, 0.29) is 5.91 Å². The number of hydrogen-bond donors (Lipinski definition) is 2. The number of carbonyl (C=O) groups excluding carboxylic acids is 1. The highest BCUT2D eigenvalue weighted by Gasteiger charge is 2.29. The Labute approximate surface area is 118 Å². The fourth-order valence-electron chi connectivity index (χ4n) is 2.62. The van der Waals surface area contributed by atoms with Crippen molar-refractivity contribution in [2.75, 3.05) is 23.0 Å². The summed E-state index contributed by atoms with van der Waals surface area (Å²) in [6.07, 6.45) is 0.415. The Morgan fingerprint density at radius 1 is 1.15 bits per heavy atom. The van der Waals surface area contributed by atoms with E-state index in [1.807, 2.05) is 50.4 Å². The highest BCUT2D eigenvalue weighted by atomic mass is 16.2. The average Bonchev–Trinajstić information content (AvgIpc) is 2.74. The lowest BCUT2D eigenvalue weighted by atomic mass is 10.1. The van der Waals surface area contributed by atoms with Gasteiger partial charge in [-0.05, 0) is 48.4 Å². The van der Waals surface area contributed by atoms with Gasteiger partial charge >= 0.3 is 0 Å². The third kappa shape index (κ3) is 1.90. The number of amides is 1. The summed E-state index contributed by atoms with van der Waals surface area (Å²) in [6, 6.07) is 11.7. The molecular weight excluding hydrogens is 250 g/mol. The molecule has 1 amide bonds. The van der Waals surface area contributed by atoms with Crippen LogP contribution in [0.15, 0.2) is 36.4 Å². The lowest BCUT2D eigenvalue weighted by Crippen LogP contribution is -2.21. The Hall–Kier alpha value is -2.49. The predicted octanol–water partition coefficient (Wildman–Crippen LogP) is 2.84. The van der Waals surface area contributed by atoms with Gasteiger partial charge in [0.05, 0.1) is 23.5 Å². The van der Waals surface area contributed by atoms with Crippen molar-refractivity contribution in [2.24, 2.45) is 0 Å². The number of nitrogens with one attached hydrogen (secondary N) is 1. The average molecular weight is 267 g/mol. The zero-order valence-corrected chi connectivity index (χ0v) is 11.6. The van der Waals surface area contributed by atoms with E-state index in [9.17, 15) is 4.79 Å². The van der Waals surface area contributed by atoms with Crippen LogP contribution < -0.4 is 16.0 Å². The molecule has 4 nitrogen and oxygen atoms in total. The minimum atomic E-state index is 0.0591. The fourth-order valence-corrected chi connectivity index (χ4v) is 2.62. The van der Waals surface area contributed by atoms with Crippen molar-refractivity contribution < 1.29 is 4.79 Å². The number of benzene rings is 2. The summed E-state index contributed by atoms with van der Waals surface area (Å²) in [5, 5.41) is 3.09. The first-order valence-corrected chi connectivity index (χ1v) is 6.60. The maximum Gasteiger partial charge on any atom is 0.236 e. The molecule has 0 radical (unpaired) electrons. The van der Waals surface area contributed by atoms with Crippen molar-refractivity contribution in [2.45, 2.75) is 13.3 Å². The predicted molar refractivity (Wildman–Crippen MR) is 82.4 cm³/mol. The molecule has 1 aliphatic heterocycles. The van der Waals surface area contributed by atoms with Gasteiger partial charge in [-0.25, -0.2) is 0 Å². The third-order valence-electron chi connectivity index (χ3n) is 3.62. The van der Waals surface area contributed by atoms with E-state index >= 15 is 0 Å². The number of anilines is 4. The van der Waals surface area contributed by atoms with Crippen LogP contribution in [0.4, 0.5) is 22.7 Å². The smallest absolute Gasteiger partial charge is 0.236 e. The van der Waals surface area contributed by atoms with Crippen LogP contribution in [0.25, 0.3) is 0 Å². The number of nitrogen functional groups attached to an aromatic ring is 1. The van der Waals surface area contributed by atoms with Gasteiger partial charge in [-0.1, -0.05) is 6.07 Å². The van der Waals surface area contributed by atoms with Gasteiger partial charge in [-0.2, -0.15) is 0 Å². The molecule has 4 heteroatoms. The lowest BCUT2D eigenvalue weighted by molar-refractivity contribution is -0.116. The zero-order valence-electron chi connectivity index (χ0n) is 11.6. The quantitative estimate of drug-likeness (QED) is 0.823. The van der Waals surface area contributed by atoms with Crippen LogP contribution in [-0.4, -0.2) is 13.0 Å². The van der Waals surface area contributed by atoms with Crippen LogP contribution in [-0.2, 0) is 11.2 Å². The molecule has 3 rings (SSSR count). The maximum atomic E-state index is 12.3. The first-order valence-electron chi connectivity index (χ1n) is 6.60. The minimum Gasteiger partial charge on any atom is -0.397 e. The second-order valence-corrected chi connectivity index (χ2v) is 5.06. The van der Waals surface area contributed by atoms with Crippen molar-refractivity contribution in [3.05, 3.63) is 47.5 Å². The molecule has 3 N–H and O–H groups in total. The molecule has 0 saturated heterocycles. The standard InChI is InChI=1S/C16H17N3O/c1-10-3-5-15(13(17)7-10)19-14-6-4-12(18-2)8-11(14)9-16(19)20/h3-8,18H,9,17H2,1-2H3. The normalized spacial score (nSPS) is 13.5. The molecule has 0 saturated carbocycles. The minimum absolute atomic E-state index is 0.0591. The van der Waals surface area contributed by atoms with E-state index < -0.39 is 0 Å². The number of fused-ring (bicyclic) bond motifs is 1. The van der Waals surface area contributed by atoms with Gasteiger partial charge in [0.2, 0.25) is 5.91 Å². The van der Waals surface area contributed by atoms with Crippen molar-refractivity contribution in [1.29, 1.82) is 0 Å². The van der Waals surface area contributed by atoms with Crippen molar-refractivity contribution in [3.8, 4) is 0 Å². The largest absolute Gasteiger partial charge is 0.397 e. The molecule has 20 heavy (non-hydrogen) atoms. The van der Waals surface area contributed by atoms with Crippen LogP contribution in [0.1, 0.15) is 11.1 Å². The summed E-state index contributed by atoms with van der Waals surface area (Å²) in [5.74, 6) is 0.0591. The number of aryl methyl sites for hydroxylation is 1. The lowest BCUT2D eigenvalue weighted by Gasteiger charge is -2.20. The molecular formula is C16H17N3O. The topological polar surface area (TPSA) is 58.4 Å². The molecule has 102 valence electrons.